The van der Waals surface area contributed by atoms with Gasteiger partial charge in [0.15, 0.2) is 0 Å². The quantitative estimate of drug-likeness (QED) is 0.674. The summed E-state index contributed by atoms with van der Waals surface area (Å²) in [5, 5.41) is 3.90. The molecule has 5 nitrogen and oxygen atoms in total. The lowest BCUT2D eigenvalue weighted by molar-refractivity contribution is -0.130. The molecular weight excluding hydrogens is 345 g/mol. The Labute approximate surface area is 157 Å². The SMILES string of the molecule is CC(=O)N(CCNC(=O)Cc1c[nH]c2ccccc12)Cc1ccc(F)cc1. The van der Waals surface area contributed by atoms with Gasteiger partial charge < -0.3 is 15.2 Å². The first-order chi connectivity index (χ1) is 13.0. The van der Waals surface area contributed by atoms with Gasteiger partial charge in [-0.3, -0.25) is 9.59 Å². The number of aromatic nitrogens is 1. The summed E-state index contributed by atoms with van der Waals surface area (Å²) in [6.45, 7) is 2.62. The largest absolute Gasteiger partial charge is 0.361 e. The fraction of sp³-hybridized carbons (Fsp3) is 0.238. The van der Waals surface area contributed by atoms with Crippen LogP contribution < -0.4 is 5.32 Å². The van der Waals surface area contributed by atoms with Crippen LogP contribution in [0.2, 0.25) is 0 Å². The van der Waals surface area contributed by atoms with Gasteiger partial charge >= 0.3 is 0 Å². The molecule has 0 aliphatic heterocycles. The van der Waals surface area contributed by atoms with Gasteiger partial charge in [0.05, 0.1) is 6.42 Å². The highest BCUT2D eigenvalue weighted by molar-refractivity contribution is 5.88. The van der Waals surface area contributed by atoms with E-state index in [1.807, 2.05) is 30.5 Å². The third-order valence-electron chi connectivity index (χ3n) is 4.46. The number of para-hydroxylation sites is 1. The number of H-pyrrole nitrogens is 1. The smallest absolute Gasteiger partial charge is 0.224 e. The fourth-order valence-electron chi connectivity index (χ4n) is 3.00. The van der Waals surface area contributed by atoms with Crippen LogP contribution in [0.1, 0.15) is 18.1 Å². The molecule has 0 aliphatic rings. The van der Waals surface area contributed by atoms with Crippen LogP contribution in [-0.4, -0.2) is 34.8 Å². The third-order valence-corrected chi connectivity index (χ3v) is 4.46. The third kappa shape index (κ3) is 4.94. The van der Waals surface area contributed by atoms with E-state index >= 15 is 0 Å². The van der Waals surface area contributed by atoms with E-state index in [-0.39, 0.29) is 24.1 Å². The van der Waals surface area contributed by atoms with E-state index in [1.165, 1.54) is 19.1 Å². The van der Waals surface area contributed by atoms with Crippen LogP contribution in [0.5, 0.6) is 0 Å². The molecule has 0 aliphatic carbocycles. The van der Waals surface area contributed by atoms with Gasteiger partial charge in [-0.2, -0.15) is 0 Å². The molecule has 3 aromatic rings. The number of nitrogens with zero attached hydrogens (tertiary/aromatic N) is 1. The van der Waals surface area contributed by atoms with Gasteiger partial charge in [0.1, 0.15) is 5.82 Å². The molecule has 2 N–H and O–H groups in total. The van der Waals surface area contributed by atoms with Crippen molar-refractivity contribution >= 4 is 22.7 Å². The van der Waals surface area contributed by atoms with Crippen LogP contribution in [0.4, 0.5) is 4.39 Å². The van der Waals surface area contributed by atoms with Crippen molar-refractivity contribution in [2.24, 2.45) is 0 Å². The van der Waals surface area contributed by atoms with E-state index in [0.29, 0.717) is 19.6 Å². The maximum absolute atomic E-state index is 13.0. The van der Waals surface area contributed by atoms with Crippen LogP contribution in [0.15, 0.2) is 54.7 Å². The number of carbonyl (C=O) groups is 2. The summed E-state index contributed by atoms with van der Waals surface area (Å²) < 4.78 is 13.0. The Morgan fingerprint density at radius 2 is 1.85 bits per heavy atom. The minimum atomic E-state index is -0.308. The van der Waals surface area contributed by atoms with Crippen molar-refractivity contribution in [2.75, 3.05) is 13.1 Å². The van der Waals surface area contributed by atoms with Crippen LogP contribution >= 0.6 is 0 Å². The van der Waals surface area contributed by atoms with Crippen LogP contribution in [0, 0.1) is 5.82 Å². The number of aromatic amines is 1. The average molecular weight is 367 g/mol. The Balaban J connectivity index is 1.51. The Kier molecular flexibility index (Phi) is 5.86. The van der Waals surface area contributed by atoms with E-state index < -0.39 is 0 Å². The van der Waals surface area contributed by atoms with Gasteiger partial charge in [0.2, 0.25) is 11.8 Å². The number of fused-ring (bicyclic) bond motifs is 1. The molecule has 0 spiro atoms. The molecule has 0 saturated carbocycles. The fourth-order valence-corrected chi connectivity index (χ4v) is 3.00. The van der Waals surface area contributed by atoms with Gasteiger partial charge in [0.25, 0.3) is 0 Å². The summed E-state index contributed by atoms with van der Waals surface area (Å²) in [5.41, 5.74) is 2.79. The Morgan fingerprint density at radius 3 is 2.59 bits per heavy atom. The highest BCUT2D eigenvalue weighted by Gasteiger charge is 2.12. The molecule has 0 bridgehead atoms. The molecule has 1 heterocycles. The van der Waals surface area contributed by atoms with Gasteiger partial charge in [-0.15, -0.1) is 0 Å². The lowest BCUT2D eigenvalue weighted by Gasteiger charge is -2.21. The van der Waals surface area contributed by atoms with Crippen molar-refractivity contribution in [3.05, 3.63) is 71.7 Å². The molecule has 0 radical (unpaired) electrons. The summed E-state index contributed by atoms with van der Waals surface area (Å²) in [6, 6.07) is 13.9. The van der Waals surface area contributed by atoms with E-state index in [0.717, 1.165) is 22.0 Å². The predicted octanol–water partition coefficient (Wildman–Crippen LogP) is 3.01. The Hall–Kier alpha value is -3.15. The molecule has 0 atom stereocenters. The number of halogens is 1. The minimum Gasteiger partial charge on any atom is -0.361 e. The van der Waals surface area contributed by atoms with Crippen LogP contribution in [0.25, 0.3) is 10.9 Å². The highest BCUT2D eigenvalue weighted by Crippen LogP contribution is 2.17. The number of hydrogen-bond acceptors (Lipinski definition) is 2. The highest BCUT2D eigenvalue weighted by atomic mass is 19.1. The topological polar surface area (TPSA) is 65.2 Å². The van der Waals surface area contributed by atoms with Crippen molar-refractivity contribution in [2.45, 2.75) is 19.9 Å². The molecule has 2 amide bonds. The maximum Gasteiger partial charge on any atom is 0.224 e. The van der Waals surface area contributed by atoms with Crippen LogP contribution in [0.3, 0.4) is 0 Å². The normalized spacial score (nSPS) is 10.7. The number of benzene rings is 2. The van der Waals surface area contributed by atoms with Crippen molar-refractivity contribution in [3.8, 4) is 0 Å². The van der Waals surface area contributed by atoms with Gasteiger partial charge in [-0.05, 0) is 29.3 Å². The van der Waals surface area contributed by atoms with E-state index in [1.54, 1.807) is 17.0 Å². The molecular formula is C21H22FN3O2. The zero-order valence-electron chi connectivity index (χ0n) is 15.2. The van der Waals surface area contributed by atoms with Gasteiger partial charge in [0, 0.05) is 43.7 Å². The maximum atomic E-state index is 13.0. The van der Waals surface area contributed by atoms with E-state index in [2.05, 4.69) is 10.3 Å². The minimum absolute atomic E-state index is 0.0924. The summed E-state index contributed by atoms with van der Waals surface area (Å²) in [5.74, 6) is -0.493. The second-order valence-corrected chi connectivity index (χ2v) is 6.45. The molecule has 2 aromatic carbocycles. The van der Waals surface area contributed by atoms with Crippen molar-refractivity contribution in [1.29, 1.82) is 0 Å². The Bertz CT molecular complexity index is 934. The van der Waals surface area contributed by atoms with Gasteiger partial charge in [-0.1, -0.05) is 30.3 Å². The number of amides is 2. The van der Waals surface area contributed by atoms with E-state index in [9.17, 15) is 14.0 Å². The average Bonchev–Trinajstić information content (AvgIpc) is 3.05. The summed E-state index contributed by atoms with van der Waals surface area (Å²) in [6.07, 6.45) is 2.13. The number of rotatable bonds is 7. The van der Waals surface area contributed by atoms with Gasteiger partial charge in [-0.25, -0.2) is 4.39 Å². The summed E-state index contributed by atoms with van der Waals surface area (Å²) in [7, 11) is 0. The first-order valence-corrected chi connectivity index (χ1v) is 8.84. The second-order valence-electron chi connectivity index (χ2n) is 6.45. The van der Waals surface area contributed by atoms with Crippen molar-refractivity contribution in [1.82, 2.24) is 15.2 Å². The zero-order valence-corrected chi connectivity index (χ0v) is 15.2. The first-order valence-electron chi connectivity index (χ1n) is 8.84. The molecule has 6 heteroatoms. The van der Waals surface area contributed by atoms with Crippen molar-refractivity contribution in [3.63, 3.8) is 0 Å². The number of nitrogens with one attached hydrogen (secondary N) is 2. The zero-order chi connectivity index (χ0) is 19.2. The number of carbonyl (C=O) groups excluding carboxylic acids is 2. The summed E-state index contributed by atoms with van der Waals surface area (Å²) >= 11 is 0. The molecule has 0 unspecified atom stereocenters. The van der Waals surface area contributed by atoms with Crippen molar-refractivity contribution < 1.29 is 14.0 Å². The second kappa shape index (κ2) is 8.49. The first kappa shape index (κ1) is 18.6. The molecule has 3 rings (SSSR count). The lowest BCUT2D eigenvalue weighted by atomic mass is 10.1. The predicted molar refractivity (Wildman–Crippen MR) is 103 cm³/mol. The standard InChI is InChI=1S/C21H22FN3O2/c1-15(26)25(14-16-6-8-18(22)9-7-16)11-10-23-21(27)12-17-13-24-20-5-3-2-4-19(17)20/h2-9,13,24H,10-12,14H2,1H3,(H,23,27). The molecule has 140 valence electrons. The molecule has 1 aromatic heterocycles. The number of hydrogen-bond donors (Lipinski definition) is 2. The lowest BCUT2D eigenvalue weighted by Crippen LogP contribution is -2.37. The van der Waals surface area contributed by atoms with Crippen LogP contribution in [-0.2, 0) is 22.6 Å². The molecule has 0 fully saturated rings. The van der Waals surface area contributed by atoms with E-state index in [4.69, 9.17) is 0 Å². The summed E-state index contributed by atoms with van der Waals surface area (Å²) in [4.78, 5) is 28.8. The molecule has 27 heavy (non-hydrogen) atoms. The Morgan fingerprint density at radius 1 is 1.11 bits per heavy atom. The molecule has 0 saturated heterocycles. The monoisotopic (exact) mass is 367 g/mol.